The van der Waals surface area contributed by atoms with Gasteiger partial charge in [-0.15, -0.1) is 0 Å². The summed E-state index contributed by atoms with van der Waals surface area (Å²) < 4.78 is 17.6. The SMILES string of the molecule is O=c1onc(-c2ncccn2)n1CC(O)CF. The molecule has 0 saturated heterocycles. The smallest absolute Gasteiger partial charge is 0.389 e. The van der Waals surface area contributed by atoms with Crippen LogP contribution in [-0.2, 0) is 6.54 Å². The second-order valence-corrected chi connectivity index (χ2v) is 3.26. The fourth-order valence-corrected chi connectivity index (χ4v) is 1.26. The molecule has 90 valence electrons. The lowest BCUT2D eigenvalue weighted by molar-refractivity contribution is 0.120. The molecule has 17 heavy (non-hydrogen) atoms. The lowest BCUT2D eigenvalue weighted by Gasteiger charge is -2.06. The van der Waals surface area contributed by atoms with Gasteiger partial charge in [0.15, 0.2) is 5.82 Å². The maximum Gasteiger partial charge on any atom is 0.442 e. The van der Waals surface area contributed by atoms with Crippen molar-refractivity contribution in [3.8, 4) is 11.6 Å². The fourth-order valence-electron chi connectivity index (χ4n) is 1.26. The summed E-state index contributed by atoms with van der Waals surface area (Å²) in [6.45, 7) is -1.22. The van der Waals surface area contributed by atoms with Gasteiger partial charge >= 0.3 is 5.76 Å². The van der Waals surface area contributed by atoms with Crippen molar-refractivity contribution < 1.29 is 14.0 Å². The van der Waals surface area contributed by atoms with Gasteiger partial charge in [-0.3, -0.25) is 9.09 Å². The number of halogens is 1. The zero-order valence-corrected chi connectivity index (χ0v) is 8.65. The Labute approximate surface area is 94.5 Å². The van der Waals surface area contributed by atoms with Crippen LogP contribution in [0.1, 0.15) is 0 Å². The molecule has 2 aromatic rings. The van der Waals surface area contributed by atoms with Crippen molar-refractivity contribution in [3.05, 3.63) is 29.0 Å². The van der Waals surface area contributed by atoms with Gasteiger partial charge in [-0.25, -0.2) is 19.2 Å². The van der Waals surface area contributed by atoms with Crippen LogP contribution in [0.2, 0.25) is 0 Å². The molecule has 1 unspecified atom stereocenters. The molecule has 8 heteroatoms. The van der Waals surface area contributed by atoms with E-state index in [9.17, 15) is 14.3 Å². The van der Waals surface area contributed by atoms with Crippen LogP contribution in [0, 0.1) is 0 Å². The average Bonchev–Trinajstić information content (AvgIpc) is 2.72. The van der Waals surface area contributed by atoms with Crippen LogP contribution >= 0.6 is 0 Å². The summed E-state index contributed by atoms with van der Waals surface area (Å²) >= 11 is 0. The molecule has 2 rings (SSSR count). The fraction of sp³-hybridized carbons (Fsp3) is 0.333. The summed E-state index contributed by atoms with van der Waals surface area (Å²) in [7, 11) is 0. The first kappa shape index (κ1) is 11.4. The third-order valence-electron chi connectivity index (χ3n) is 2.02. The van der Waals surface area contributed by atoms with E-state index in [2.05, 4.69) is 19.6 Å². The summed E-state index contributed by atoms with van der Waals surface area (Å²) in [4.78, 5) is 19.1. The van der Waals surface area contributed by atoms with E-state index in [-0.39, 0.29) is 18.2 Å². The van der Waals surface area contributed by atoms with Crippen LogP contribution in [0.3, 0.4) is 0 Å². The summed E-state index contributed by atoms with van der Waals surface area (Å²) in [5, 5.41) is 12.7. The number of rotatable bonds is 4. The number of nitrogens with zero attached hydrogens (tertiary/aromatic N) is 4. The molecule has 0 aliphatic rings. The third-order valence-corrected chi connectivity index (χ3v) is 2.02. The topological polar surface area (TPSA) is 94.0 Å². The third kappa shape index (κ3) is 2.36. The Morgan fingerprint density at radius 3 is 2.82 bits per heavy atom. The molecule has 1 N–H and O–H groups in total. The number of alkyl halides is 1. The highest BCUT2D eigenvalue weighted by atomic mass is 19.1. The molecule has 0 aliphatic carbocycles. The van der Waals surface area contributed by atoms with E-state index in [4.69, 9.17) is 0 Å². The van der Waals surface area contributed by atoms with E-state index in [1.165, 1.54) is 12.4 Å². The second kappa shape index (κ2) is 4.83. The molecule has 2 heterocycles. The zero-order chi connectivity index (χ0) is 12.3. The molecular formula is C9H9FN4O3. The lowest BCUT2D eigenvalue weighted by Crippen LogP contribution is -2.25. The van der Waals surface area contributed by atoms with Crippen molar-refractivity contribution in [3.63, 3.8) is 0 Å². The molecular weight excluding hydrogens is 231 g/mol. The van der Waals surface area contributed by atoms with Crippen molar-refractivity contribution in [1.82, 2.24) is 19.7 Å². The van der Waals surface area contributed by atoms with E-state index in [0.717, 1.165) is 4.57 Å². The van der Waals surface area contributed by atoms with E-state index >= 15 is 0 Å². The van der Waals surface area contributed by atoms with Crippen LogP contribution in [0.25, 0.3) is 11.6 Å². The van der Waals surface area contributed by atoms with Crippen molar-refractivity contribution in [1.29, 1.82) is 0 Å². The van der Waals surface area contributed by atoms with E-state index in [0.29, 0.717) is 0 Å². The Morgan fingerprint density at radius 1 is 1.47 bits per heavy atom. The zero-order valence-electron chi connectivity index (χ0n) is 8.65. The Kier molecular flexibility index (Phi) is 3.24. The quantitative estimate of drug-likeness (QED) is 0.783. The van der Waals surface area contributed by atoms with Crippen molar-refractivity contribution in [2.75, 3.05) is 6.67 Å². The molecule has 0 spiro atoms. The summed E-state index contributed by atoms with van der Waals surface area (Å²) in [6, 6.07) is 1.60. The number of hydrogen-bond acceptors (Lipinski definition) is 6. The minimum Gasteiger partial charge on any atom is -0.389 e. The molecule has 0 bridgehead atoms. The van der Waals surface area contributed by atoms with Gasteiger partial charge in [0.25, 0.3) is 0 Å². The molecule has 0 radical (unpaired) electrons. The molecule has 1 atom stereocenters. The minimum atomic E-state index is -1.30. The Morgan fingerprint density at radius 2 is 2.18 bits per heavy atom. The maximum atomic E-state index is 12.2. The van der Waals surface area contributed by atoms with Gasteiger partial charge in [-0.2, -0.15) is 0 Å². The number of hydrogen-bond donors (Lipinski definition) is 1. The highest BCUT2D eigenvalue weighted by Gasteiger charge is 2.17. The summed E-state index contributed by atoms with van der Waals surface area (Å²) in [6.07, 6.45) is 1.64. The average molecular weight is 240 g/mol. The standard InChI is InChI=1S/C9H9FN4O3/c10-4-6(15)5-14-8(13-17-9(14)16)7-11-2-1-3-12-7/h1-3,6,15H,4-5H2. The molecule has 0 aromatic carbocycles. The number of aliphatic hydroxyl groups excluding tert-OH is 1. The van der Waals surface area contributed by atoms with Gasteiger partial charge in [0, 0.05) is 12.4 Å². The predicted molar refractivity (Wildman–Crippen MR) is 53.8 cm³/mol. The lowest BCUT2D eigenvalue weighted by atomic mass is 10.4. The predicted octanol–water partition coefficient (Wildman–Crippen LogP) is -0.376. The van der Waals surface area contributed by atoms with E-state index < -0.39 is 18.5 Å². The van der Waals surface area contributed by atoms with Gasteiger partial charge in [0.05, 0.1) is 6.54 Å². The normalized spacial score (nSPS) is 12.6. The van der Waals surface area contributed by atoms with Gasteiger partial charge in [-0.1, -0.05) is 5.16 Å². The van der Waals surface area contributed by atoms with Crippen molar-refractivity contribution in [2.24, 2.45) is 0 Å². The minimum absolute atomic E-state index is 0.0584. The Bertz CT molecular complexity index is 539. The molecule has 0 saturated carbocycles. The highest BCUT2D eigenvalue weighted by Crippen LogP contribution is 2.09. The monoisotopic (exact) mass is 240 g/mol. The van der Waals surface area contributed by atoms with E-state index in [1.807, 2.05) is 0 Å². The number of aromatic nitrogens is 4. The Hall–Kier alpha value is -2.09. The van der Waals surface area contributed by atoms with Crippen molar-refractivity contribution >= 4 is 0 Å². The van der Waals surface area contributed by atoms with Crippen LogP contribution in [0.15, 0.2) is 27.8 Å². The molecule has 7 nitrogen and oxygen atoms in total. The first-order chi connectivity index (χ1) is 8.22. The maximum absolute atomic E-state index is 12.2. The first-order valence-electron chi connectivity index (χ1n) is 4.80. The van der Waals surface area contributed by atoms with Gasteiger partial charge in [0.1, 0.15) is 12.8 Å². The molecule has 0 amide bonds. The Balaban J connectivity index is 2.39. The number of aliphatic hydroxyl groups is 1. The molecule has 0 fully saturated rings. The summed E-state index contributed by atoms with van der Waals surface area (Å²) in [5.41, 5.74) is 0. The van der Waals surface area contributed by atoms with Crippen LogP contribution in [0.5, 0.6) is 0 Å². The van der Waals surface area contributed by atoms with Crippen LogP contribution < -0.4 is 5.76 Å². The second-order valence-electron chi connectivity index (χ2n) is 3.26. The van der Waals surface area contributed by atoms with Crippen molar-refractivity contribution in [2.45, 2.75) is 12.6 Å². The van der Waals surface area contributed by atoms with Crippen LogP contribution in [-0.4, -0.2) is 37.6 Å². The molecule has 2 aromatic heterocycles. The highest BCUT2D eigenvalue weighted by molar-refractivity contribution is 5.41. The first-order valence-corrected chi connectivity index (χ1v) is 4.80. The van der Waals surface area contributed by atoms with E-state index in [1.54, 1.807) is 6.07 Å². The van der Waals surface area contributed by atoms with Crippen LogP contribution in [0.4, 0.5) is 4.39 Å². The summed E-state index contributed by atoms with van der Waals surface area (Å²) in [5.74, 6) is -0.563. The largest absolute Gasteiger partial charge is 0.442 e. The van der Waals surface area contributed by atoms with Gasteiger partial charge in [0.2, 0.25) is 5.82 Å². The molecule has 0 aliphatic heterocycles. The van der Waals surface area contributed by atoms with Gasteiger partial charge < -0.3 is 5.11 Å². The van der Waals surface area contributed by atoms with Gasteiger partial charge in [-0.05, 0) is 6.07 Å².